The highest BCUT2D eigenvalue weighted by Gasteiger charge is 2.31. The first-order valence-corrected chi connectivity index (χ1v) is 10.3. The molecule has 3 aromatic carbocycles. The number of hydrogen-bond donors (Lipinski definition) is 2. The third-order valence-electron chi connectivity index (χ3n) is 5.47. The quantitative estimate of drug-likeness (QED) is 0.691. The average molecular weight is 401 g/mol. The second-order valence-corrected chi connectivity index (χ2v) is 7.62. The number of nitrogens with two attached hydrogens (primary N) is 1. The molecule has 1 aliphatic rings. The van der Waals surface area contributed by atoms with Gasteiger partial charge in [0, 0.05) is 23.6 Å². The maximum atomic E-state index is 13.4. The molecule has 0 aromatic heterocycles. The number of quaternary nitrogens is 1. The molecule has 3 N–H and O–H groups in total. The Morgan fingerprint density at radius 1 is 0.967 bits per heavy atom. The second kappa shape index (κ2) is 8.93. The lowest BCUT2D eigenvalue weighted by molar-refractivity contribution is -0.676. The van der Waals surface area contributed by atoms with Crippen LogP contribution >= 0.6 is 0 Å². The Hall–Kier alpha value is -3.44. The second-order valence-electron chi connectivity index (χ2n) is 7.62. The Morgan fingerprint density at radius 3 is 2.17 bits per heavy atom. The number of carbonyl (C=O) groups excluding carboxylic acids is 2. The lowest BCUT2D eigenvalue weighted by atomic mass is 9.99. The third-order valence-corrected chi connectivity index (χ3v) is 5.47. The molecule has 0 saturated carbocycles. The van der Waals surface area contributed by atoms with Gasteiger partial charge in [0.15, 0.2) is 6.54 Å². The molecule has 1 atom stereocenters. The van der Waals surface area contributed by atoms with Crippen LogP contribution in [0.3, 0.4) is 0 Å². The smallest absolute Gasteiger partial charge is 0.282 e. The van der Waals surface area contributed by atoms with Gasteiger partial charge in [0.25, 0.3) is 5.91 Å². The highest BCUT2D eigenvalue weighted by atomic mass is 16.2. The van der Waals surface area contributed by atoms with Gasteiger partial charge in [0.2, 0.25) is 5.91 Å². The van der Waals surface area contributed by atoms with Crippen molar-refractivity contribution >= 4 is 23.2 Å². The van der Waals surface area contributed by atoms with E-state index in [2.05, 4.69) is 34.9 Å². The Kier molecular flexibility index (Phi) is 5.91. The summed E-state index contributed by atoms with van der Waals surface area (Å²) in [4.78, 5) is 27.3. The number of nitrogens with zero attached hydrogens (tertiary/aromatic N) is 1. The minimum Gasteiger partial charge on any atom is -0.328 e. The van der Waals surface area contributed by atoms with E-state index in [4.69, 9.17) is 0 Å². The summed E-state index contributed by atoms with van der Waals surface area (Å²) in [7, 11) is 0. The Balaban J connectivity index is 1.58. The van der Waals surface area contributed by atoms with Gasteiger partial charge < -0.3 is 15.5 Å². The standard InChI is InChI=1S/C25H25N3O2/c1-18-16-23(29)27-21-14-8-9-15-22(21)28(18)24(30)17-26-25(19-10-4-2-5-11-19)20-12-6-3-7-13-20/h2-15,18,25-26H,16-17H2,1H3,(H,27,29)/p+1/t18-/m0/s1. The van der Waals surface area contributed by atoms with Crippen LogP contribution in [0.5, 0.6) is 0 Å². The Bertz CT molecular complexity index is 981. The molecule has 0 unspecified atom stereocenters. The van der Waals surface area contributed by atoms with Crippen LogP contribution in [0.1, 0.15) is 30.5 Å². The summed E-state index contributed by atoms with van der Waals surface area (Å²) >= 11 is 0. The third kappa shape index (κ3) is 4.26. The monoisotopic (exact) mass is 400 g/mol. The fourth-order valence-electron chi connectivity index (χ4n) is 4.07. The Morgan fingerprint density at radius 2 is 1.53 bits per heavy atom. The molecule has 5 heteroatoms. The molecule has 4 rings (SSSR count). The zero-order chi connectivity index (χ0) is 20.9. The molecule has 0 bridgehead atoms. The average Bonchev–Trinajstić information content (AvgIpc) is 2.89. The molecule has 1 aliphatic heterocycles. The number of para-hydroxylation sites is 2. The molecular formula is C25H26N3O2+. The van der Waals surface area contributed by atoms with Crippen molar-refractivity contribution in [1.82, 2.24) is 0 Å². The normalized spacial score (nSPS) is 16.0. The molecule has 0 spiro atoms. The van der Waals surface area contributed by atoms with Crippen molar-refractivity contribution < 1.29 is 14.9 Å². The van der Waals surface area contributed by atoms with Gasteiger partial charge in [-0.25, -0.2) is 0 Å². The molecule has 0 saturated heterocycles. The topological polar surface area (TPSA) is 66.0 Å². The summed E-state index contributed by atoms with van der Waals surface area (Å²) in [6.07, 6.45) is 0.279. The number of hydrogen-bond acceptors (Lipinski definition) is 2. The van der Waals surface area contributed by atoms with Crippen molar-refractivity contribution in [1.29, 1.82) is 0 Å². The molecular weight excluding hydrogens is 374 g/mol. The molecule has 0 aliphatic carbocycles. The van der Waals surface area contributed by atoms with E-state index >= 15 is 0 Å². The minimum atomic E-state index is -0.207. The Labute approximate surface area is 176 Å². The SMILES string of the molecule is C[C@H]1CC(=O)Nc2ccccc2N1C(=O)C[NH2+]C(c1ccccc1)c1ccccc1. The fraction of sp³-hybridized carbons (Fsp3) is 0.200. The highest BCUT2D eigenvalue weighted by Crippen LogP contribution is 2.31. The van der Waals surface area contributed by atoms with Crippen molar-refractivity contribution in [2.24, 2.45) is 0 Å². The van der Waals surface area contributed by atoms with Crippen molar-refractivity contribution in [2.45, 2.75) is 25.4 Å². The van der Waals surface area contributed by atoms with Crippen LogP contribution in [0.2, 0.25) is 0 Å². The summed E-state index contributed by atoms with van der Waals surface area (Å²) < 4.78 is 0. The highest BCUT2D eigenvalue weighted by molar-refractivity contribution is 6.04. The molecule has 30 heavy (non-hydrogen) atoms. The first-order chi connectivity index (χ1) is 14.6. The van der Waals surface area contributed by atoms with Gasteiger partial charge in [-0.05, 0) is 19.1 Å². The first kappa shape index (κ1) is 19.9. The zero-order valence-electron chi connectivity index (χ0n) is 17.0. The van der Waals surface area contributed by atoms with E-state index in [0.717, 1.165) is 16.8 Å². The summed E-state index contributed by atoms with van der Waals surface area (Å²) in [6, 6.07) is 27.7. The molecule has 2 amide bonds. The van der Waals surface area contributed by atoms with Gasteiger partial charge in [-0.1, -0.05) is 72.8 Å². The number of nitrogens with one attached hydrogen (secondary N) is 1. The van der Waals surface area contributed by atoms with E-state index in [0.29, 0.717) is 5.69 Å². The lowest BCUT2D eigenvalue weighted by Gasteiger charge is -2.28. The fourth-order valence-corrected chi connectivity index (χ4v) is 4.07. The lowest BCUT2D eigenvalue weighted by Crippen LogP contribution is -2.88. The molecule has 0 fully saturated rings. The van der Waals surface area contributed by atoms with E-state index in [1.165, 1.54) is 0 Å². The van der Waals surface area contributed by atoms with Crippen LogP contribution in [-0.2, 0) is 9.59 Å². The molecule has 152 valence electrons. The maximum Gasteiger partial charge on any atom is 0.282 e. The van der Waals surface area contributed by atoms with Crippen LogP contribution in [0, 0.1) is 0 Å². The van der Waals surface area contributed by atoms with Crippen LogP contribution < -0.4 is 15.5 Å². The number of benzene rings is 3. The first-order valence-electron chi connectivity index (χ1n) is 10.3. The number of fused-ring (bicyclic) bond motifs is 1. The molecule has 3 aromatic rings. The van der Waals surface area contributed by atoms with E-state index in [1.807, 2.05) is 67.6 Å². The van der Waals surface area contributed by atoms with Crippen molar-refractivity contribution in [3.8, 4) is 0 Å². The summed E-state index contributed by atoms with van der Waals surface area (Å²) in [5.74, 6) is -0.0796. The zero-order valence-corrected chi connectivity index (χ0v) is 17.0. The molecule has 5 nitrogen and oxygen atoms in total. The van der Waals surface area contributed by atoms with Gasteiger partial charge in [-0.2, -0.15) is 0 Å². The summed E-state index contributed by atoms with van der Waals surface area (Å²) in [5.41, 5.74) is 3.74. The van der Waals surface area contributed by atoms with E-state index in [1.54, 1.807) is 4.90 Å². The van der Waals surface area contributed by atoms with Crippen LogP contribution in [0.25, 0.3) is 0 Å². The predicted octanol–water partition coefficient (Wildman–Crippen LogP) is 3.10. The summed E-state index contributed by atoms with van der Waals surface area (Å²) in [5, 5.41) is 4.98. The van der Waals surface area contributed by atoms with E-state index in [-0.39, 0.29) is 36.9 Å². The van der Waals surface area contributed by atoms with Gasteiger partial charge in [-0.15, -0.1) is 0 Å². The summed E-state index contributed by atoms with van der Waals surface area (Å²) in [6.45, 7) is 2.20. The number of carbonyl (C=O) groups is 2. The molecule has 1 heterocycles. The largest absolute Gasteiger partial charge is 0.328 e. The van der Waals surface area contributed by atoms with Gasteiger partial charge in [0.1, 0.15) is 6.04 Å². The predicted molar refractivity (Wildman–Crippen MR) is 118 cm³/mol. The van der Waals surface area contributed by atoms with Crippen molar-refractivity contribution in [3.63, 3.8) is 0 Å². The molecule has 0 radical (unpaired) electrons. The van der Waals surface area contributed by atoms with Gasteiger partial charge in [0.05, 0.1) is 11.4 Å². The maximum absolute atomic E-state index is 13.4. The minimum absolute atomic E-state index is 0.0108. The van der Waals surface area contributed by atoms with Crippen LogP contribution in [0.4, 0.5) is 11.4 Å². The van der Waals surface area contributed by atoms with E-state index < -0.39 is 0 Å². The van der Waals surface area contributed by atoms with Crippen LogP contribution in [0.15, 0.2) is 84.9 Å². The van der Waals surface area contributed by atoms with Gasteiger partial charge >= 0.3 is 0 Å². The van der Waals surface area contributed by atoms with Crippen molar-refractivity contribution in [3.05, 3.63) is 96.1 Å². The number of anilines is 2. The van der Waals surface area contributed by atoms with Gasteiger partial charge in [-0.3, -0.25) is 9.59 Å². The van der Waals surface area contributed by atoms with Crippen molar-refractivity contribution in [2.75, 3.05) is 16.8 Å². The van der Waals surface area contributed by atoms with Crippen LogP contribution in [-0.4, -0.2) is 24.4 Å². The number of rotatable bonds is 5. The van der Waals surface area contributed by atoms with E-state index in [9.17, 15) is 9.59 Å². The number of amides is 2.